The van der Waals surface area contributed by atoms with E-state index in [1.54, 1.807) is 0 Å². The average Bonchev–Trinajstić information content (AvgIpc) is 0.923. The molecule has 0 saturated carbocycles. The van der Waals surface area contributed by atoms with Crippen LogP contribution >= 0.6 is 15.6 Å². The zero-order valence-electron chi connectivity index (χ0n) is 70.1. The maximum absolute atomic E-state index is 13.1. The van der Waals surface area contributed by atoms with Gasteiger partial charge in [0, 0.05) is 25.7 Å². The zero-order valence-corrected chi connectivity index (χ0v) is 71.9. The number of carbonyl (C=O) groups excluding carboxylic acids is 4. The minimum atomic E-state index is -4.97. The van der Waals surface area contributed by atoms with Gasteiger partial charge in [-0.3, -0.25) is 37.3 Å². The Labute approximate surface area is 651 Å². The number of phosphoric ester groups is 2. The van der Waals surface area contributed by atoms with Gasteiger partial charge in [0.2, 0.25) is 0 Å². The van der Waals surface area contributed by atoms with Crippen molar-refractivity contribution in [1.29, 1.82) is 0 Å². The number of carbonyl (C=O) groups is 4. The molecule has 0 amide bonds. The molecule has 106 heavy (non-hydrogen) atoms. The molecule has 3 unspecified atom stereocenters. The molecule has 0 aliphatic heterocycles. The molecule has 6 atom stereocenters. The number of hydrogen-bond acceptors (Lipinski definition) is 15. The van der Waals surface area contributed by atoms with Crippen LogP contribution < -0.4 is 0 Å². The van der Waals surface area contributed by atoms with E-state index < -0.39 is 97.5 Å². The summed E-state index contributed by atoms with van der Waals surface area (Å²) >= 11 is 0. The number of aliphatic hydroxyl groups is 1. The van der Waals surface area contributed by atoms with Crippen molar-refractivity contribution in [3.8, 4) is 0 Å². The fraction of sp³-hybridized carbons (Fsp3) is 0.954. The predicted molar refractivity (Wildman–Crippen MR) is 437 cm³/mol. The molecule has 0 aromatic carbocycles. The molecule has 17 nitrogen and oxygen atoms in total. The third-order valence-corrected chi connectivity index (χ3v) is 22.6. The minimum absolute atomic E-state index is 0.107. The standard InChI is InChI=1S/C87H170O17P2/c1-9-80(8)66-58-50-41-35-29-23-16-12-10-11-13-17-25-31-37-43-53-61-70-87(92)104-83(74-98-85(90)68-60-52-46-45-49-57-65-79(6)7)76-102-106(95,96)100-72-81(88)71-99-105(93,94)101-75-82(73-97-84(89)67-59-51-42-36-30-24-20-19-22-28-34-40-48-56-64-78(4)5)103-86(91)69-62-54-44-38-32-26-18-14-15-21-27-33-39-47-55-63-77(2)3/h77-83,88H,9-76H2,1-8H3,(H,93,94)(H,95,96)/t80?,81-,82-,83-/m1/s1. The molecule has 0 rings (SSSR count). The van der Waals surface area contributed by atoms with E-state index in [1.807, 2.05) is 0 Å². The van der Waals surface area contributed by atoms with E-state index in [-0.39, 0.29) is 25.7 Å². The number of rotatable bonds is 84. The first-order chi connectivity index (χ1) is 51.1. The quantitative estimate of drug-likeness (QED) is 0.0222. The van der Waals surface area contributed by atoms with Crippen molar-refractivity contribution in [3.63, 3.8) is 0 Å². The van der Waals surface area contributed by atoms with Gasteiger partial charge in [-0.1, -0.05) is 402 Å². The van der Waals surface area contributed by atoms with Crippen molar-refractivity contribution < 1.29 is 80.2 Å². The molecular weight excluding hydrogens is 1380 g/mol. The molecule has 19 heteroatoms. The largest absolute Gasteiger partial charge is 0.472 e. The predicted octanol–water partition coefficient (Wildman–Crippen LogP) is 26.3. The molecule has 0 saturated heterocycles. The molecule has 0 fully saturated rings. The van der Waals surface area contributed by atoms with Crippen LogP contribution in [0.2, 0.25) is 0 Å². The highest BCUT2D eigenvalue weighted by Crippen LogP contribution is 2.45. The van der Waals surface area contributed by atoms with Gasteiger partial charge in [0.15, 0.2) is 12.2 Å². The number of ether oxygens (including phenoxy) is 4. The first kappa shape index (κ1) is 104. The molecule has 0 aliphatic carbocycles. The van der Waals surface area contributed by atoms with Crippen LogP contribution in [-0.4, -0.2) is 96.7 Å². The molecule has 0 heterocycles. The molecule has 0 aromatic rings. The number of hydrogen-bond donors (Lipinski definition) is 3. The Hall–Kier alpha value is -1.94. The lowest BCUT2D eigenvalue weighted by atomic mass is 9.99. The maximum atomic E-state index is 13.1. The lowest BCUT2D eigenvalue weighted by Gasteiger charge is -2.21. The average molecular weight is 1550 g/mol. The van der Waals surface area contributed by atoms with Crippen molar-refractivity contribution in [2.45, 2.75) is 472 Å². The van der Waals surface area contributed by atoms with Crippen molar-refractivity contribution >= 4 is 39.5 Å². The fourth-order valence-corrected chi connectivity index (χ4v) is 15.0. The topological polar surface area (TPSA) is 237 Å². The SMILES string of the molecule is CCC(C)CCCCCCCCCCCCCCCCCCCCC(=O)O[C@H](COC(=O)CCCCCCCCC(C)C)COP(=O)(O)OC[C@H](O)COP(=O)(O)OC[C@@H](COC(=O)CCCCCCCCCCCCCCCCC(C)C)OC(=O)CCCCCCCCCCCCCCCCCC(C)C. The first-order valence-electron chi connectivity index (χ1n) is 44.7. The number of unbranched alkanes of at least 4 members (excludes halogenated alkanes) is 49. The molecule has 3 N–H and O–H groups in total. The summed E-state index contributed by atoms with van der Waals surface area (Å²) in [5.74, 6) is 1.04. The van der Waals surface area contributed by atoms with Gasteiger partial charge < -0.3 is 33.8 Å². The normalized spacial score (nSPS) is 14.2. The smallest absolute Gasteiger partial charge is 0.462 e. The summed E-state index contributed by atoms with van der Waals surface area (Å²) in [5, 5.41) is 10.7. The number of esters is 4. The van der Waals surface area contributed by atoms with E-state index in [4.69, 9.17) is 37.0 Å². The summed E-state index contributed by atoms with van der Waals surface area (Å²) < 4.78 is 68.9. The number of phosphoric acid groups is 2. The van der Waals surface area contributed by atoms with E-state index in [2.05, 4.69) is 55.4 Å². The van der Waals surface area contributed by atoms with Crippen LogP contribution in [0.5, 0.6) is 0 Å². The Morgan fingerprint density at radius 3 is 0.670 bits per heavy atom. The van der Waals surface area contributed by atoms with Gasteiger partial charge in [-0.15, -0.1) is 0 Å². The van der Waals surface area contributed by atoms with Gasteiger partial charge in [-0.25, -0.2) is 9.13 Å². The second kappa shape index (κ2) is 75.7. The zero-order chi connectivity index (χ0) is 78.1. The van der Waals surface area contributed by atoms with Crippen molar-refractivity contribution in [2.75, 3.05) is 39.6 Å². The Bertz CT molecular complexity index is 2060. The second-order valence-electron chi connectivity index (χ2n) is 33.0. The van der Waals surface area contributed by atoms with Crippen LogP contribution in [0.4, 0.5) is 0 Å². The van der Waals surface area contributed by atoms with Crippen molar-refractivity contribution in [2.24, 2.45) is 23.7 Å². The van der Waals surface area contributed by atoms with Crippen LogP contribution in [0.1, 0.15) is 453 Å². The van der Waals surface area contributed by atoms with E-state index in [9.17, 15) is 43.2 Å². The van der Waals surface area contributed by atoms with E-state index in [1.165, 1.54) is 250 Å². The maximum Gasteiger partial charge on any atom is 0.472 e. The second-order valence-corrected chi connectivity index (χ2v) is 35.9. The fourth-order valence-electron chi connectivity index (χ4n) is 13.5. The minimum Gasteiger partial charge on any atom is -0.462 e. The summed E-state index contributed by atoms with van der Waals surface area (Å²) in [7, 11) is -9.93. The molecule has 630 valence electrons. The molecule has 0 bridgehead atoms. The monoisotopic (exact) mass is 1550 g/mol. The lowest BCUT2D eigenvalue weighted by Crippen LogP contribution is -2.30. The summed E-state index contributed by atoms with van der Waals surface area (Å²) in [5.41, 5.74) is 0. The first-order valence-corrected chi connectivity index (χ1v) is 47.7. The van der Waals surface area contributed by atoms with E-state index >= 15 is 0 Å². The highest BCUT2D eigenvalue weighted by Gasteiger charge is 2.31. The van der Waals surface area contributed by atoms with Gasteiger partial charge >= 0.3 is 39.5 Å². The highest BCUT2D eigenvalue weighted by atomic mass is 31.2. The Morgan fingerprint density at radius 1 is 0.264 bits per heavy atom. The van der Waals surface area contributed by atoms with Crippen LogP contribution in [0, 0.1) is 23.7 Å². The Balaban J connectivity index is 5.19. The van der Waals surface area contributed by atoms with Crippen LogP contribution in [-0.2, 0) is 65.4 Å². The molecular formula is C87H170O17P2. The molecule has 0 radical (unpaired) electrons. The third kappa shape index (κ3) is 78.7. The van der Waals surface area contributed by atoms with Crippen LogP contribution in [0.25, 0.3) is 0 Å². The summed E-state index contributed by atoms with van der Waals surface area (Å²) in [4.78, 5) is 73.2. The summed E-state index contributed by atoms with van der Waals surface area (Å²) in [6.45, 7) is 14.3. The van der Waals surface area contributed by atoms with Gasteiger partial charge in [0.05, 0.1) is 26.4 Å². The molecule has 0 aromatic heterocycles. The van der Waals surface area contributed by atoms with Gasteiger partial charge in [-0.2, -0.15) is 0 Å². The van der Waals surface area contributed by atoms with Crippen LogP contribution in [0.15, 0.2) is 0 Å². The van der Waals surface area contributed by atoms with Gasteiger partial charge in [0.25, 0.3) is 0 Å². The van der Waals surface area contributed by atoms with Crippen LogP contribution in [0.3, 0.4) is 0 Å². The third-order valence-electron chi connectivity index (χ3n) is 20.7. The summed E-state index contributed by atoms with van der Waals surface area (Å²) in [6.07, 6.45) is 65.4. The van der Waals surface area contributed by atoms with E-state index in [0.29, 0.717) is 31.6 Å². The van der Waals surface area contributed by atoms with Gasteiger partial charge in [-0.05, 0) is 49.4 Å². The Morgan fingerprint density at radius 2 is 0.453 bits per heavy atom. The highest BCUT2D eigenvalue weighted by molar-refractivity contribution is 7.47. The van der Waals surface area contributed by atoms with Crippen molar-refractivity contribution in [1.82, 2.24) is 0 Å². The molecule has 0 spiro atoms. The lowest BCUT2D eigenvalue weighted by molar-refractivity contribution is -0.161. The van der Waals surface area contributed by atoms with E-state index in [0.717, 1.165) is 114 Å². The van der Waals surface area contributed by atoms with Crippen molar-refractivity contribution in [3.05, 3.63) is 0 Å². The summed E-state index contributed by atoms with van der Waals surface area (Å²) in [6, 6.07) is 0. The Kier molecular flexibility index (Phi) is 74.3. The molecule has 0 aliphatic rings. The number of aliphatic hydroxyl groups excluding tert-OH is 1. The van der Waals surface area contributed by atoms with Gasteiger partial charge in [0.1, 0.15) is 19.3 Å².